The lowest BCUT2D eigenvalue weighted by Crippen LogP contribution is -2.32. The fraction of sp³-hybridized carbons (Fsp3) is 0.174. The van der Waals surface area contributed by atoms with Crippen LogP contribution in [-0.4, -0.2) is 20.4 Å². The van der Waals surface area contributed by atoms with Gasteiger partial charge in [0, 0.05) is 10.7 Å². The number of amides is 1. The molecule has 3 rings (SSSR count). The van der Waals surface area contributed by atoms with Gasteiger partial charge in [0.15, 0.2) is 17.7 Å². The summed E-state index contributed by atoms with van der Waals surface area (Å²) < 4.78 is 47.2. The summed E-state index contributed by atoms with van der Waals surface area (Å²) in [6, 6.07) is 16.4. The van der Waals surface area contributed by atoms with Crippen LogP contribution in [0.15, 0.2) is 71.6 Å². The maximum Gasteiger partial charge on any atom is 0.265 e. The van der Waals surface area contributed by atoms with E-state index >= 15 is 0 Å². The molecule has 0 aromatic heterocycles. The molecule has 0 saturated heterocycles. The van der Waals surface area contributed by atoms with E-state index in [-0.39, 0.29) is 10.6 Å². The van der Waals surface area contributed by atoms with Crippen LogP contribution in [0.2, 0.25) is 5.02 Å². The van der Waals surface area contributed by atoms with E-state index in [2.05, 4.69) is 10.0 Å². The molecule has 0 unspecified atom stereocenters. The van der Waals surface area contributed by atoms with Gasteiger partial charge >= 0.3 is 0 Å². The molecule has 3 aromatic carbocycles. The van der Waals surface area contributed by atoms with E-state index in [0.717, 1.165) is 5.56 Å². The first-order chi connectivity index (χ1) is 15.2. The number of carbonyl (C=O) groups excluding carboxylic acids is 1. The minimum Gasteiger partial charge on any atom is -0.478 e. The second kappa shape index (κ2) is 10.0. The van der Waals surface area contributed by atoms with Crippen LogP contribution in [0.4, 0.5) is 15.8 Å². The van der Waals surface area contributed by atoms with Gasteiger partial charge < -0.3 is 10.1 Å². The molecule has 0 bridgehead atoms. The van der Waals surface area contributed by atoms with Gasteiger partial charge in [0.25, 0.3) is 15.9 Å². The van der Waals surface area contributed by atoms with Crippen molar-refractivity contribution in [2.45, 2.75) is 31.3 Å². The van der Waals surface area contributed by atoms with Crippen molar-refractivity contribution in [1.82, 2.24) is 0 Å². The third kappa shape index (κ3) is 5.77. The summed E-state index contributed by atoms with van der Waals surface area (Å²) in [5, 5.41) is 3.07. The molecule has 0 radical (unpaired) electrons. The number of halogens is 2. The Labute approximate surface area is 191 Å². The fourth-order valence-electron chi connectivity index (χ4n) is 2.86. The van der Waals surface area contributed by atoms with Crippen LogP contribution in [0.5, 0.6) is 5.75 Å². The first-order valence-electron chi connectivity index (χ1n) is 9.80. The number of anilines is 2. The largest absolute Gasteiger partial charge is 0.478 e. The fourth-order valence-corrected chi connectivity index (χ4v) is 4.16. The van der Waals surface area contributed by atoms with Gasteiger partial charge in [-0.15, -0.1) is 0 Å². The Balaban J connectivity index is 1.70. The van der Waals surface area contributed by atoms with Crippen LogP contribution in [-0.2, 0) is 14.8 Å². The van der Waals surface area contributed by atoms with Crippen LogP contribution in [0.3, 0.4) is 0 Å². The first-order valence-corrected chi connectivity index (χ1v) is 11.7. The van der Waals surface area contributed by atoms with Crippen LogP contribution in [0, 0.1) is 12.7 Å². The van der Waals surface area contributed by atoms with Gasteiger partial charge in [0.05, 0.1) is 10.6 Å². The molecular formula is C23H22ClFN2O4S. The van der Waals surface area contributed by atoms with E-state index in [1.54, 1.807) is 32.0 Å². The van der Waals surface area contributed by atoms with E-state index in [1.807, 2.05) is 0 Å². The lowest BCUT2D eigenvalue weighted by atomic mass is 10.2. The van der Waals surface area contributed by atoms with Crippen molar-refractivity contribution in [1.29, 1.82) is 0 Å². The van der Waals surface area contributed by atoms with Crippen molar-refractivity contribution < 1.29 is 22.3 Å². The van der Waals surface area contributed by atoms with Crippen LogP contribution in [0.1, 0.15) is 18.9 Å². The molecule has 1 atom stereocenters. The third-order valence-corrected chi connectivity index (χ3v) is 6.26. The molecule has 3 aromatic rings. The zero-order valence-corrected chi connectivity index (χ0v) is 19.0. The topological polar surface area (TPSA) is 84.5 Å². The summed E-state index contributed by atoms with van der Waals surface area (Å²) in [6.07, 6.45) is -0.599. The highest BCUT2D eigenvalue weighted by molar-refractivity contribution is 7.92. The van der Waals surface area contributed by atoms with Crippen molar-refractivity contribution in [3.05, 3.63) is 83.1 Å². The summed E-state index contributed by atoms with van der Waals surface area (Å²) in [5.41, 5.74) is 1.48. The van der Waals surface area contributed by atoms with Gasteiger partial charge in [0.2, 0.25) is 0 Å². The number of nitrogens with one attached hydrogen (secondary N) is 2. The van der Waals surface area contributed by atoms with E-state index in [1.165, 1.54) is 48.5 Å². The molecule has 6 nitrogen and oxygen atoms in total. The molecule has 0 fully saturated rings. The zero-order chi connectivity index (χ0) is 23.3. The molecule has 0 spiro atoms. The number of sulfonamides is 1. The van der Waals surface area contributed by atoms with Crippen molar-refractivity contribution in [2.24, 2.45) is 0 Å². The van der Waals surface area contributed by atoms with Gasteiger partial charge in [-0.3, -0.25) is 9.52 Å². The molecule has 168 valence electrons. The van der Waals surface area contributed by atoms with Crippen molar-refractivity contribution >= 4 is 38.9 Å². The molecule has 0 aliphatic carbocycles. The van der Waals surface area contributed by atoms with Gasteiger partial charge in [-0.1, -0.05) is 36.7 Å². The standard InChI is InChI=1S/C23H22ClFN2O4S/c1-3-21(31-22-7-5-4-6-19(22)25)23(28)26-17-10-12-18(13-11-17)32(29,30)27-20-14-16(24)9-8-15(20)2/h4-14,21,27H,3H2,1-2H3,(H,26,28)/t21-/m1/s1. The Morgan fingerprint density at radius 2 is 1.78 bits per heavy atom. The smallest absolute Gasteiger partial charge is 0.265 e. The quantitative estimate of drug-likeness (QED) is 0.457. The summed E-state index contributed by atoms with van der Waals surface area (Å²) in [6.45, 7) is 3.50. The summed E-state index contributed by atoms with van der Waals surface area (Å²) in [7, 11) is -3.85. The molecule has 0 heterocycles. The molecule has 32 heavy (non-hydrogen) atoms. The monoisotopic (exact) mass is 476 g/mol. The minimum absolute atomic E-state index is 0.0154. The van der Waals surface area contributed by atoms with Gasteiger partial charge in [-0.05, 0) is 67.4 Å². The number of hydrogen-bond donors (Lipinski definition) is 2. The lowest BCUT2D eigenvalue weighted by Gasteiger charge is -2.18. The Hall–Kier alpha value is -3.10. The molecule has 9 heteroatoms. The highest BCUT2D eigenvalue weighted by atomic mass is 35.5. The predicted molar refractivity (Wildman–Crippen MR) is 123 cm³/mol. The van der Waals surface area contributed by atoms with Crippen LogP contribution >= 0.6 is 11.6 Å². The van der Waals surface area contributed by atoms with Gasteiger partial charge in [0.1, 0.15) is 0 Å². The number of benzene rings is 3. The summed E-state index contributed by atoms with van der Waals surface area (Å²) in [4.78, 5) is 12.6. The van der Waals surface area contributed by atoms with Crippen molar-refractivity contribution in [3.8, 4) is 5.75 Å². The Morgan fingerprint density at radius 3 is 2.44 bits per heavy atom. The SMILES string of the molecule is CC[C@@H](Oc1ccccc1F)C(=O)Nc1ccc(S(=O)(=O)Nc2cc(Cl)ccc2C)cc1. The Morgan fingerprint density at radius 1 is 1.09 bits per heavy atom. The van der Waals surface area contributed by atoms with E-state index < -0.39 is 27.9 Å². The molecule has 1 amide bonds. The number of ether oxygens (including phenoxy) is 1. The van der Waals surface area contributed by atoms with Crippen molar-refractivity contribution in [3.63, 3.8) is 0 Å². The number of hydrogen-bond acceptors (Lipinski definition) is 4. The number of rotatable bonds is 8. The third-order valence-electron chi connectivity index (χ3n) is 4.65. The average Bonchev–Trinajstić information content (AvgIpc) is 2.76. The average molecular weight is 477 g/mol. The normalized spacial score (nSPS) is 12.1. The van der Waals surface area contributed by atoms with E-state index in [9.17, 15) is 17.6 Å². The maximum atomic E-state index is 13.8. The van der Waals surface area contributed by atoms with E-state index in [4.69, 9.17) is 16.3 Å². The summed E-state index contributed by atoms with van der Waals surface area (Å²) >= 11 is 5.95. The second-order valence-electron chi connectivity index (χ2n) is 7.02. The van der Waals surface area contributed by atoms with Crippen LogP contribution in [0.25, 0.3) is 0 Å². The van der Waals surface area contributed by atoms with Crippen LogP contribution < -0.4 is 14.8 Å². The second-order valence-corrected chi connectivity index (χ2v) is 9.14. The molecular weight excluding hydrogens is 455 g/mol. The Kier molecular flexibility index (Phi) is 7.37. The summed E-state index contributed by atoms with van der Waals surface area (Å²) in [5.74, 6) is -1.05. The molecule has 0 saturated carbocycles. The van der Waals surface area contributed by atoms with Gasteiger partial charge in [-0.25, -0.2) is 12.8 Å². The number of carbonyl (C=O) groups is 1. The molecule has 2 N–H and O–H groups in total. The maximum absolute atomic E-state index is 13.8. The molecule has 0 aliphatic heterocycles. The Bertz CT molecular complexity index is 1220. The highest BCUT2D eigenvalue weighted by Gasteiger charge is 2.21. The number of aryl methyl sites for hydroxylation is 1. The number of para-hydroxylation sites is 1. The minimum atomic E-state index is -3.85. The van der Waals surface area contributed by atoms with Gasteiger partial charge in [-0.2, -0.15) is 0 Å². The first kappa shape index (κ1) is 23.6. The van der Waals surface area contributed by atoms with E-state index in [0.29, 0.717) is 22.8 Å². The molecule has 0 aliphatic rings. The predicted octanol–water partition coefficient (Wildman–Crippen LogP) is 5.38. The zero-order valence-electron chi connectivity index (χ0n) is 17.4. The van der Waals surface area contributed by atoms with Crippen molar-refractivity contribution in [2.75, 3.05) is 10.0 Å². The lowest BCUT2D eigenvalue weighted by molar-refractivity contribution is -0.122. The highest BCUT2D eigenvalue weighted by Crippen LogP contribution is 2.24.